The molecule has 1 aliphatic heterocycles. The molecule has 1 N–H and O–H groups in total. The fourth-order valence-corrected chi connectivity index (χ4v) is 3.15. The fourth-order valence-electron chi connectivity index (χ4n) is 2.63. The average Bonchev–Trinajstić information content (AvgIpc) is 2.58. The van der Waals surface area contributed by atoms with Crippen LogP contribution in [0.1, 0.15) is 18.5 Å². The number of hydrogen-bond donors (Lipinski definition) is 1. The first kappa shape index (κ1) is 19.2. The Morgan fingerprint density at radius 1 is 1.40 bits per heavy atom. The zero-order valence-corrected chi connectivity index (χ0v) is 15.8. The van der Waals surface area contributed by atoms with E-state index in [1.807, 2.05) is 24.3 Å². The molecule has 0 aromatic heterocycles. The fraction of sp³-hybridized carbons (Fsp3) is 0.333. The summed E-state index contributed by atoms with van der Waals surface area (Å²) in [6, 6.07) is 6.56. The number of methoxy groups -OCH3 is 1. The van der Waals surface area contributed by atoms with Gasteiger partial charge in [0.25, 0.3) is 0 Å². The molecular weight excluding hydrogens is 388 g/mol. The maximum atomic E-state index is 12.7. The van der Waals surface area contributed by atoms with Crippen molar-refractivity contribution in [1.29, 1.82) is 0 Å². The molecule has 1 heterocycles. The highest BCUT2D eigenvalue weighted by Gasteiger charge is 2.36. The molecule has 0 spiro atoms. The average molecular weight is 409 g/mol. The van der Waals surface area contributed by atoms with E-state index < -0.39 is 12.0 Å². The van der Waals surface area contributed by atoms with Gasteiger partial charge in [0.2, 0.25) is 0 Å². The van der Waals surface area contributed by atoms with E-state index >= 15 is 0 Å². The number of halogens is 1. The lowest BCUT2D eigenvalue weighted by atomic mass is 9.95. The predicted molar refractivity (Wildman–Crippen MR) is 97.9 cm³/mol. The molecule has 0 aliphatic carbocycles. The van der Waals surface area contributed by atoms with Gasteiger partial charge in [0.1, 0.15) is 6.61 Å². The molecule has 0 radical (unpaired) electrons. The van der Waals surface area contributed by atoms with Crippen LogP contribution in [0.2, 0.25) is 0 Å². The Morgan fingerprint density at radius 2 is 2.12 bits per heavy atom. The van der Waals surface area contributed by atoms with Gasteiger partial charge in [-0.3, -0.25) is 4.90 Å². The van der Waals surface area contributed by atoms with Crippen LogP contribution in [0.4, 0.5) is 4.79 Å². The van der Waals surface area contributed by atoms with Crippen molar-refractivity contribution in [3.8, 4) is 0 Å². The van der Waals surface area contributed by atoms with E-state index in [4.69, 9.17) is 9.47 Å². The van der Waals surface area contributed by atoms with Crippen molar-refractivity contribution in [1.82, 2.24) is 10.2 Å². The molecule has 25 heavy (non-hydrogen) atoms. The van der Waals surface area contributed by atoms with Crippen molar-refractivity contribution in [3.05, 3.63) is 58.2 Å². The first-order chi connectivity index (χ1) is 12.0. The van der Waals surface area contributed by atoms with E-state index in [2.05, 4.69) is 27.8 Å². The van der Waals surface area contributed by atoms with Gasteiger partial charge in [0, 0.05) is 23.8 Å². The summed E-state index contributed by atoms with van der Waals surface area (Å²) in [5.74, 6) is -0.482. The van der Waals surface area contributed by atoms with Gasteiger partial charge >= 0.3 is 12.0 Å². The van der Waals surface area contributed by atoms with Gasteiger partial charge in [-0.2, -0.15) is 0 Å². The first-order valence-corrected chi connectivity index (χ1v) is 8.60. The number of ether oxygens (including phenoxy) is 2. The van der Waals surface area contributed by atoms with Crippen molar-refractivity contribution < 1.29 is 19.1 Å². The van der Waals surface area contributed by atoms with Crippen molar-refractivity contribution in [2.24, 2.45) is 0 Å². The highest BCUT2D eigenvalue weighted by molar-refractivity contribution is 9.10. The van der Waals surface area contributed by atoms with Crippen LogP contribution >= 0.6 is 15.9 Å². The monoisotopic (exact) mass is 408 g/mol. The normalized spacial score (nSPS) is 17.3. The number of urea groups is 1. The van der Waals surface area contributed by atoms with Crippen LogP contribution < -0.4 is 5.32 Å². The van der Waals surface area contributed by atoms with Crippen LogP contribution in [-0.2, 0) is 14.3 Å². The van der Waals surface area contributed by atoms with Gasteiger partial charge in [-0.15, -0.1) is 6.58 Å². The molecule has 0 fully saturated rings. The SMILES string of the molecule is C=CCN1C(=O)N[C@@H](c2ccccc2Br)C(C(=O)OCCOC)=C1C. The second-order valence-electron chi connectivity index (χ2n) is 5.43. The molecule has 0 saturated carbocycles. The summed E-state index contributed by atoms with van der Waals surface area (Å²) in [6.45, 7) is 6.15. The van der Waals surface area contributed by atoms with Crippen molar-refractivity contribution in [2.75, 3.05) is 26.9 Å². The zero-order valence-electron chi connectivity index (χ0n) is 14.3. The van der Waals surface area contributed by atoms with Crippen LogP contribution in [0, 0.1) is 0 Å². The van der Waals surface area contributed by atoms with Crippen LogP contribution in [0.25, 0.3) is 0 Å². The molecule has 7 heteroatoms. The van der Waals surface area contributed by atoms with E-state index in [0.29, 0.717) is 24.4 Å². The van der Waals surface area contributed by atoms with Gasteiger partial charge in [0.05, 0.1) is 18.2 Å². The van der Waals surface area contributed by atoms with Gasteiger partial charge in [0.15, 0.2) is 0 Å². The molecule has 0 unspecified atom stereocenters. The van der Waals surface area contributed by atoms with E-state index in [-0.39, 0.29) is 12.6 Å². The van der Waals surface area contributed by atoms with Gasteiger partial charge < -0.3 is 14.8 Å². The summed E-state index contributed by atoms with van der Waals surface area (Å²) in [4.78, 5) is 26.6. The van der Waals surface area contributed by atoms with Gasteiger partial charge in [-0.05, 0) is 18.6 Å². The van der Waals surface area contributed by atoms with Crippen LogP contribution in [0.15, 0.2) is 52.7 Å². The van der Waals surface area contributed by atoms with Crippen molar-refractivity contribution in [2.45, 2.75) is 13.0 Å². The Bertz CT molecular complexity index is 702. The number of rotatable bonds is 7. The molecule has 0 bridgehead atoms. The molecule has 1 aliphatic rings. The van der Waals surface area contributed by atoms with E-state index in [0.717, 1.165) is 10.0 Å². The van der Waals surface area contributed by atoms with Crippen LogP contribution in [-0.4, -0.2) is 43.8 Å². The number of carbonyl (C=O) groups is 2. The third-order valence-electron chi connectivity index (χ3n) is 3.86. The largest absolute Gasteiger partial charge is 0.460 e. The molecule has 2 amide bonds. The number of nitrogens with one attached hydrogen (secondary N) is 1. The van der Waals surface area contributed by atoms with Crippen LogP contribution in [0.5, 0.6) is 0 Å². The maximum Gasteiger partial charge on any atom is 0.338 e. The zero-order chi connectivity index (χ0) is 18.4. The molecule has 6 nitrogen and oxygen atoms in total. The molecule has 134 valence electrons. The number of hydrogen-bond acceptors (Lipinski definition) is 4. The Morgan fingerprint density at radius 3 is 2.76 bits per heavy atom. The molecule has 1 atom stereocenters. The summed E-state index contributed by atoms with van der Waals surface area (Å²) in [7, 11) is 1.54. The lowest BCUT2D eigenvalue weighted by Gasteiger charge is -2.35. The number of amides is 2. The third kappa shape index (κ3) is 4.29. The molecule has 1 aromatic rings. The van der Waals surface area contributed by atoms with E-state index in [9.17, 15) is 9.59 Å². The lowest BCUT2D eigenvalue weighted by molar-refractivity contribution is -0.140. The third-order valence-corrected chi connectivity index (χ3v) is 4.59. The molecular formula is C18H21BrN2O4. The lowest BCUT2D eigenvalue weighted by Crippen LogP contribution is -2.48. The number of carbonyl (C=O) groups excluding carboxylic acids is 2. The minimum atomic E-state index is -0.598. The minimum absolute atomic E-state index is 0.143. The second-order valence-corrected chi connectivity index (χ2v) is 6.29. The standard InChI is InChI=1S/C18H21BrN2O4/c1-4-9-21-12(2)15(17(22)25-11-10-24-3)16(20-18(21)23)13-7-5-6-8-14(13)19/h4-8,16H,1,9-11H2,2-3H3,(H,20,23)/t16-/m0/s1. The first-order valence-electron chi connectivity index (χ1n) is 7.81. The summed E-state index contributed by atoms with van der Waals surface area (Å²) in [5.41, 5.74) is 1.73. The van der Waals surface area contributed by atoms with E-state index in [1.165, 1.54) is 12.0 Å². The van der Waals surface area contributed by atoms with Crippen molar-refractivity contribution in [3.63, 3.8) is 0 Å². The highest BCUT2D eigenvalue weighted by Crippen LogP contribution is 2.34. The highest BCUT2D eigenvalue weighted by atomic mass is 79.9. The molecule has 2 rings (SSSR count). The van der Waals surface area contributed by atoms with Gasteiger partial charge in [-0.25, -0.2) is 9.59 Å². The number of nitrogens with zero attached hydrogens (tertiary/aromatic N) is 1. The molecule has 0 saturated heterocycles. The summed E-state index contributed by atoms with van der Waals surface area (Å²) >= 11 is 3.48. The predicted octanol–water partition coefficient (Wildman–Crippen LogP) is 3.17. The van der Waals surface area contributed by atoms with Crippen molar-refractivity contribution >= 4 is 27.9 Å². The quantitative estimate of drug-likeness (QED) is 0.427. The Labute approximate surface area is 155 Å². The second kappa shape index (κ2) is 8.82. The summed E-state index contributed by atoms with van der Waals surface area (Å²) in [5, 5.41) is 2.88. The van der Waals surface area contributed by atoms with Gasteiger partial charge in [-0.1, -0.05) is 40.2 Å². The Kier molecular flexibility index (Phi) is 6.78. The number of esters is 1. The Hall–Kier alpha value is -2.12. The summed E-state index contributed by atoms with van der Waals surface area (Å²) in [6.07, 6.45) is 1.61. The molecule has 1 aromatic carbocycles. The summed E-state index contributed by atoms with van der Waals surface area (Å²) < 4.78 is 11.0. The smallest absolute Gasteiger partial charge is 0.338 e. The number of benzene rings is 1. The van der Waals surface area contributed by atoms with Crippen LogP contribution in [0.3, 0.4) is 0 Å². The van der Waals surface area contributed by atoms with E-state index in [1.54, 1.807) is 13.0 Å². The Balaban J connectivity index is 2.45. The maximum absolute atomic E-state index is 12.7. The number of allylic oxidation sites excluding steroid dienone is 1. The minimum Gasteiger partial charge on any atom is -0.460 e. The topological polar surface area (TPSA) is 67.9 Å².